The Labute approximate surface area is 132 Å². The van der Waals surface area contributed by atoms with Crippen LogP contribution in [0.4, 0.5) is 0 Å². The molecule has 0 saturated carbocycles. The maximum atomic E-state index is 11.6. The lowest BCUT2D eigenvalue weighted by atomic mass is 10.0. The molecule has 0 atom stereocenters. The predicted octanol–water partition coefficient (Wildman–Crippen LogP) is 1.08. The molecule has 0 aliphatic heterocycles. The molecule has 0 rings (SSSR count). The minimum Gasteiger partial charge on any atom is -0.330 e. The van der Waals surface area contributed by atoms with E-state index >= 15 is 0 Å². The van der Waals surface area contributed by atoms with E-state index in [4.69, 9.17) is 11.5 Å². The van der Waals surface area contributed by atoms with Crippen molar-refractivity contribution >= 4 is 23.1 Å². The van der Waals surface area contributed by atoms with E-state index in [0.717, 1.165) is 0 Å². The molecule has 0 amide bonds. The van der Waals surface area contributed by atoms with Crippen LogP contribution < -0.4 is 11.5 Å². The fourth-order valence-electron chi connectivity index (χ4n) is 1.93. The smallest absolute Gasteiger partial charge is 0.133 e. The minimum absolute atomic E-state index is 0.0376. The predicted molar refractivity (Wildman–Crippen MR) is 84.3 cm³/mol. The molecule has 0 saturated heterocycles. The number of nitrogens with two attached hydrogens (primary N) is 2. The molecule has 0 aliphatic carbocycles. The Balaban J connectivity index is 3.70. The zero-order valence-corrected chi connectivity index (χ0v) is 13.3. The number of Topliss-reactive ketones (excluding diaryl/α,β-unsaturated/α-hetero) is 4. The SMILES string of the molecule is NCCCC(=O)CCC(=O)CCC(=O)CCC(=O)CCCN. The highest BCUT2D eigenvalue weighted by atomic mass is 16.1. The van der Waals surface area contributed by atoms with Crippen LogP contribution in [0.5, 0.6) is 0 Å². The summed E-state index contributed by atoms with van der Waals surface area (Å²) in [4.78, 5) is 46.0. The number of hydrogen-bond acceptors (Lipinski definition) is 6. The minimum atomic E-state index is -0.0797. The third kappa shape index (κ3) is 12.3. The first kappa shape index (κ1) is 20.6. The van der Waals surface area contributed by atoms with Gasteiger partial charge >= 0.3 is 0 Å². The number of rotatable bonds is 15. The summed E-state index contributed by atoms with van der Waals surface area (Å²) in [6, 6.07) is 0. The van der Waals surface area contributed by atoms with Crippen molar-refractivity contribution in [3.05, 3.63) is 0 Å². The summed E-state index contributed by atoms with van der Waals surface area (Å²) in [5.41, 5.74) is 10.6. The van der Waals surface area contributed by atoms with Gasteiger partial charge < -0.3 is 11.5 Å². The second kappa shape index (κ2) is 13.3. The van der Waals surface area contributed by atoms with Gasteiger partial charge in [0.2, 0.25) is 0 Å². The summed E-state index contributed by atoms with van der Waals surface area (Å²) in [7, 11) is 0. The summed E-state index contributed by atoms with van der Waals surface area (Å²) in [6.45, 7) is 0.941. The van der Waals surface area contributed by atoms with E-state index < -0.39 is 0 Å². The third-order valence-electron chi connectivity index (χ3n) is 3.37. The van der Waals surface area contributed by atoms with Crippen LogP contribution >= 0.6 is 0 Å². The normalized spacial score (nSPS) is 10.5. The summed E-state index contributed by atoms with van der Waals surface area (Å²) in [5.74, 6) is -0.0842. The Morgan fingerprint density at radius 1 is 0.455 bits per heavy atom. The third-order valence-corrected chi connectivity index (χ3v) is 3.37. The van der Waals surface area contributed by atoms with Gasteiger partial charge in [-0.15, -0.1) is 0 Å². The Bertz CT molecular complexity index is 344. The van der Waals surface area contributed by atoms with Crippen molar-refractivity contribution in [3.63, 3.8) is 0 Å². The monoisotopic (exact) mass is 312 g/mol. The van der Waals surface area contributed by atoms with Gasteiger partial charge in [-0.1, -0.05) is 0 Å². The Morgan fingerprint density at radius 2 is 0.682 bits per heavy atom. The second-order valence-electron chi connectivity index (χ2n) is 5.44. The van der Waals surface area contributed by atoms with Crippen molar-refractivity contribution in [2.75, 3.05) is 13.1 Å². The molecule has 22 heavy (non-hydrogen) atoms. The zero-order chi connectivity index (χ0) is 16.8. The highest BCUT2D eigenvalue weighted by Crippen LogP contribution is 2.06. The molecule has 6 nitrogen and oxygen atoms in total. The molecule has 0 spiro atoms. The van der Waals surface area contributed by atoms with Crippen LogP contribution in [-0.2, 0) is 19.2 Å². The second-order valence-corrected chi connectivity index (χ2v) is 5.44. The van der Waals surface area contributed by atoms with Crippen LogP contribution in [-0.4, -0.2) is 36.2 Å². The van der Waals surface area contributed by atoms with Crippen LogP contribution in [0.3, 0.4) is 0 Å². The Hall–Kier alpha value is -1.40. The van der Waals surface area contributed by atoms with Crippen LogP contribution in [0.2, 0.25) is 0 Å². The van der Waals surface area contributed by atoms with Crippen molar-refractivity contribution in [2.24, 2.45) is 11.5 Å². The van der Waals surface area contributed by atoms with E-state index in [9.17, 15) is 19.2 Å². The molecular weight excluding hydrogens is 284 g/mol. The lowest BCUT2D eigenvalue weighted by Gasteiger charge is -2.02. The van der Waals surface area contributed by atoms with Crippen molar-refractivity contribution in [3.8, 4) is 0 Å². The largest absolute Gasteiger partial charge is 0.330 e. The Kier molecular flexibility index (Phi) is 12.4. The van der Waals surface area contributed by atoms with Gasteiger partial charge in [0.25, 0.3) is 0 Å². The maximum absolute atomic E-state index is 11.6. The lowest BCUT2D eigenvalue weighted by Crippen LogP contribution is -2.10. The van der Waals surface area contributed by atoms with E-state index in [-0.39, 0.29) is 61.7 Å². The topological polar surface area (TPSA) is 120 Å². The van der Waals surface area contributed by atoms with Gasteiger partial charge in [0.1, 0.15) is 23.1 Å². The first-order chi connectivity index (χ1) is 10.5. The van der Waals surface area contributed by atoms with Gasteiger partial charge in [0, 0.05) is 51.4 Å². The summed E-state index contributed by atoms with van der Waals surface area (Å²) >= 11 is 0. The van der Waals surface area contributed by atoms with E-state index in [1.807, 2.05) is 0 Å². The standard InChI is InChI=1S/C16H28N2O4/c17-11-1-3-13(19)5-7-15(21)9-10-16(22)8-6-14(20)4-2-12-18/h1-12,17-18H2. The van der Waals surface area contributed by atoms with Gasteiger partial charge in [0.05, 0.1) is 0 Å². The molecular formula is C16H28N2O4. The van der Waals surface area contributed by atoms with Crippen molar-refractivity contribution in [1.82, 2.24) is 0 Å². The van der Waals surface area contributed by atoms with E-state index in [0.29, 0.717) is 38.8 Å². The number of ketones is 4. The van der Waals surface area contributed by atoms with Crippen molar-refractivity contribution < 1.29 is 19.2 Å². The maximum Gasteiger partial charge on any atom is 0.133 e. The first-order valence-electron chi connectivity index (χ1n) is 7.96. The van der Waals surface area contributed by atoms with Crippen LogP contribution in [0, 0.1) is 0 Å². The van der Waals surface area contributed by atoms with Gasteiger partial charge in [-0.05, 0) is 25.9 Å². The van der Waals surface area contributed by atoms with Gasteiger partial charge in [0.15, 0.2) is 0 Å². The number of carbonyl (C=O) groups is 4. The van der Waals surface area contributed by atoms with E-state index in [2.05, 4.69) is 0 Å². The number of carbonyl (C=O) groups excluding carboxylic acids is 4. The van der Waals surface area contributed by atoms with Crippen LogP contribution in [0.15, 0.2) is 0 Å². The zero-order valence-electron chi connectivity index (χ0n) is 13.3. The highest BCUT2D eigenvalue weighted by molar-refractivity contribution is 5.90. The molecule has 0 radical (unpaired) electrons. The van der Waals surface area contributed by atoms with Gasteiger partial charge in [-0.3, -0.25) is 19.2 Å². The Morgan fingerprint density at radius 3 is 0.909 bits per heavy atom. The molecule has 0 aromatic carbocycles. The number of hydrogen-bond donors (Lipinski definition) is 2. The summed E-state index contributed by atoms with van der Waals surface area (Å²) in [5, 5.41) is 0. The molecule has 126 valence electrons. The average molecular weight is 312 g/mol. The molecule has 0 fully saturated rings. The molecule has 0 aromatic heterocycles. The van der Waals surface area contributed by atoms with Crippen molar-refractivity contribution in [2.45, 2.75) is 64.2 Å². The molecule has 0 aromatic rings. The lowest BCUT2D eigenvalue weighted by molar-refractivity contribution is -0.127. The van der Waals surface area contributed by atoms with Crippen LogP contribution in [0.25, 0.3) is 0 Å². The molecule has 4 N–H and O–H groups in total. The first-order valence-corrected chi connectivity index (χ1v) is 7.96. The molecule has 0 bridgehead atoms. The average Bonchev–Trinajstić information content (AvgIpc) is 2.52. The van der Waals surface area contributed by atoms with Gasteiger partial charge in [-0.25, -0.2) is 0 Å². The van der Waals surface area contributed by atoms with Crippen LogP contribution in [0.1, 0.15) is 64.2 Å². The van der Waals surface area contributed by atoms with E-state index in [1.165, 1.54) is 0 Å². The quantitative estimate of drug-likeness (QED) is 0.467. The molecule has 0 unspecified atom stereocenters. The van der Waals surface area contributed by atoms with Crippen molar-refractivity contribution in [1.29, 1.82) is 0 Å². The molecule has 6 heteroatoms. The highest BCUT2D eigenvalue weighted by Gasteiger charge is 2.11. The molecule has 0 aliphatic rings. The van der Waals surface area contributed by atoms with Gasteiger partial charge in [-0.2, -0.15) is 0 Å². The summed E-state index contributed by atoms with van der Waals surface area (Å²) in [6.07, 6.45) is 3.24. The van der Waals surface area contributed by atoms with E-state index in [1.54, 1.807) is 0 Å². The fourth-order valence-corrected chi connectivity index (χ4v) is 1.93. The molecule has 0 heterocycles. The fraction of sp³-hybridized carbons (Fsp3) is 0.750. The summed E-state index contributed by atoms with van der Waals surface area (Å²) < 4.78 is 0.